The zero-order chi connectivity index (χ0) is 10.6. The molecule has 0 heterocycles. The molecule has 0 saturated carbocycles. The minimum Gasteiger partial charge on any atom is -0.342 e. The Hall–Kier alpha value is -0.770. The Labute approximate surface area is 81.2 Å². The highest BCUT2D eigenvalue weighted by Crippen LogP contribution is 2.22. The summed E-state index contributed by atoms with van der Waals surface area (Å²) in [5.74, 6) is 6.05. The molecular weight excluding hydrogens is 164 g/mol. The van der Waals surface area contributed by atoms with Gasteiger partial charge >= 0.3 is 0 Å². The van der Waals surface area contributed by atoms with Crippen molar-refractivity contribution in [3.05, 3.63) is 0 Å². The Bertz CT molecular complexity index is 181. The van der Waals surface area contributed by atoms with E-state index in [9.17, 15) is 0 Å². The molecule has 0 radical (unpaired) electrons. The lowest BCUT2D eigenvalue weighted by Crippen LogP contribution is -2.50. The highest BCUT2D eigenvalue weighted by molar-refractivity contribution is 5.79. The highest BCUT2D eigenvalue weighted by atomic mass is 15.4. The predicted molar refractivity (Wildman–Crippen MR) is 57.4 cm³/mol. The molecule has 4 nitrogen and oxygen atoms in total. The van der Waals surface area contributed by atoms with Crippen LogP contribution in [0, 0.1) is 5.41 Å². The van der Waals surface area contributed by atoms with Crippen molar-refractivity contribution in [1.82, 2.24) is 10.3 Å². The maximum Gasteiger partial charge on any atom is 0.208 e. The molecule has 0 amide bonds. The zero-order valence-electron chi connectivity index (χ0n) is 9.55. The number of guanidine groups is 1. The maximum absolute atomic E-state index is 5.34. The van der Waals surface area contributed by atoms with Crippen LogP contribution in [0.3, 0.4) is 0 Å². The van der Waals surface area contributed by atoms with Crippen LogP contribution in [0.1, 0.15) is 27.7 Å². The third kappa shape index (κ3) is 3.22. The van der Waals surface area contributed by atoms with Crippen molar-refractivity contribution in [2.24, 2.45) is 16.3 Å². The fourth-order valence-corrected chi connectivity index (χ4v) is 1.09. The van der Waals surface area contributed by atoms with E-state index in [1.807, 2.05) is 11.9 Å². The number of hydrogen-bond donors (Lipinski definition) is 2. The summed E-state index contributed by atoms with van der Waals surface area (Å²) in [5, 5.41) is 0. The van der Waals surface area contributed by atoms with E-state index < -0.39 is 0 Å². The second-order valence-electron chi connectivity index (χ2n) is 4.34. The predicted octanol–water partition coefficient (Wildman–Crippen LogP) is 0.802. The molecular formula is C9H22N4. The first kappa shape index (κ1) is 12.2. The van der Waals surface area contributed by atoms with Gasteiger partial charge in [0.1, 0.15) is 0 Å². The Balaban J connectivity index is 4.51. The van der Waals surface area contributed by atoms with Gasteiger partial charge in [0.2, 0.25) is 5.96 Å². The van der Waals surface area contributed by atoms with Crippen LogP contribution < -0.4 is 11.3 Å². The van der Waals surface area contributed by atoms with Gasteiger partial charge in [-0.3, -0.25) is 10.4 Å². The zero-order valence-corrected chi connectivity index (χ0v) is 9.55. The van der Waals surface area contributed by atoms with Gasteiger partial charge in [-0.2, -0.15) is 0 Å². The van der Waals surface area contributed by atoms with E-state index in [4.69, 9.17) is 5.84 Å². The van der Waals surface area contributed by atoms with E-state index in [-0.39, 0.29) is 5.41 Å². The Kier molecular flexibility index (Phi) is 4.20. The molecule has 0 aromatic rings. The summed E-state index contributed by atoms with van der Waals surface area (Å²) in [6.07, 6.45) is 0. The van der Waals surface area contributed by atoms with Crippen LogP contribution in [0.25, 0.3) is 0 Å². The van der Waals surface area contributed by atoms with Crippen LogP contribution in [-0.2, 0) is 0 Å². The topological polar surface area (TPSA) is 53.6 Å². The Morgan fingerprint density at radius 1 is 1.46 bits per heavy atom. The number of hydrazine groups is 1. The standard InChI is InChI=1S/C9H22N4/c1-7(9(2,3)4)13(6)8(11-5)12-10/h7H,10H2,1-6H3,(H,11,12). The van der Waals surface area contributed by atoms with Crippen molar-refractivity contribution in [3.8, 4) is 0 Å². The first-order chi connectivity index (χ1) is 5.84. The molecule has 0 aromatic heterocycles. The second-order valence-corrected chi connectivity index (χ2v) is 4.34. The largest absolute Gasteiger partial charge is 0.342 e. The van der Waals surface area contributed by atoms with Crippen LogP contribution in [0.15, 0.2) is 4.99 Å². The van der Waals surface area contributed by atoms with E-state index in [1.165, 1.54) is 0 Å². The van der Waals surface area contributed by atoms with Crippen LogP contribution in [0.5, 0.6) is 0 Å². The van der Waals surface area contributed by atoms with Crippen LogP contribution in [0.2, 0.25) is 0 Å². The monoisotopic (exact) mass is 186 g/mol. The fraction of sp³-hybridized carbons (Fsp3) is 0.889. The molecule has 0 spiro atoms. The van der Waals surface area contributed by atoms with Gasteiger partial charge in [0.05, 0.1) is 0 Å². The Morgan fingerprint density at radius 3 is 2.15 bits per heavy atom. The summed E-state index contributed by atoms with van der Waals surface area (Å²) in [7, 11) is 3.71. The normalized spacial score (nSPS) is 15.5. The first-order valence-electron chi connectivity index (χ1n) is 4.50. The molecule has 4 heteroatoms. The minimum absolute atomic E-state index is 0.210. The average Bonchev–Trinajstić information content (AvgIpc) is 2.03. The quantitative estimate of drug-likeness (QED) is 0.276. The van der Waals surface area contributed by atoms with Crippen LogP contribution in [-0.4, -0.2) is 31.0 Å². The minimum atomic E-state index is 0.210. The molecule has 1 atom stereocenters. The lowest BCUT2D eigenvalue weighted by Gasteiger charge is -2.36. The number of aliphatic imine (C=N–C) groups is 1. The van der Waals surface area contributed by atoms with E-state index >= 15 is 0 Å². The lowest BCUT2D eigenvalue weighted by atomic mass is 9.87. The molecule has 0 fully saturated rings. The van der Waals surface area contributed by atoms with Crippen molar-refractivity contribution < 1.29 is 0 Å². The molecule has 0 aliphatic rings. The first-order valence-corrected chi connectivity index (χ1v) is 4.50. The highest BCUT2D eigenvalue weighted by Gasteiger charge is 2.25. The summed E-state index contributed by atoms with van der Waals surface area (Å²) in [5.41, 5.74) is 2.79. The van der Waals surface area contributed by atoms with E-state index in [1.54, 1.807) is 7.05 Å². The Morgan fingerprint density at radius 2 is 1.92 bits per heavy atom. The molecule has 78 valence electrons. The van der Waals surface area contributed by atoms with Crippen molar-refractivity contribution in [3.63, 3.8) is 0 Å². The van der Waals surface area contributed by atoms with Gasteiger partial charge in [0, 0.05) is 20.1 Å². The number of nitrogens with two attached hydrogens (primary N) is 1. The van der Waals surface area contributed by atoms with Gasteiger partial charge in [0.25, 0.3) is 0 Å². The van der Waals surface area contributed by atoms with Gasteiger partial charge in [-0.05, 0) is 12.3 Å². The summed E-state index contributed by atoms with van der Waals surface area (Å²) in [6.45, 7) is 8.73. The molecule has 0 aliphatic carbocycles. The number of rotatable bonds is 1. The SMILES string of the molecule is CN=C(NN)N(C)C(C)C(C)(C)C. The van der Waals surface area contributed by atoms with E-state index in [2.05, 4.69) is 38.1 Å². The second kappa shape index (κ2) is 4.46. The third-order valence-electron chi connectivity index (χ3n) is 2.51. The third-order valence-corrected chi connectivity index (χ3v) is 2.51. The van der Waals surface area contributed by atoms with Gasteiger partial charge in [-0.25, -0.2) is 5.84 Å². The summed E-state index contributed by atoms with van der Waals surface area (Å²) >= 11 is 0. The van der Waals surface area contributed by atoms with E-state index in [0.717, 1.165) is 0 Å². The maximum atomic E-state index is 5.34. The lowest BCUT2D eigenvalue weighted by molar-refractivity contribution is 0.204. The molecule has 0 bridgehead atoms. The van der Waals surface area contributed by atoms with Crippen molar-refractivity contribution >= 4 is 5.96 Å². The molecule has 0 aliphatic heterocycles. The summed E-state index contributed by atoms with van der Waals surface area (Å²) in [4.78, 5) is 6.09. The molecule has 1 unspecified atom stereocenters. The van der Waals surface area contributed by atoms with Crippen molar-refractivity contribution in [2.45, 2.75) is 33.7 Å². The van der Waals surface area contributed by atoms with Crippen LogP contribution >= 0.6 is 0 Å². The van der Waals surface area contributed by atoms with Crippen molar-refractivity contribution in [2.75, 3.05) is 14.1 Å². The average molecular weight is 186 g/mol. The molecule has 0 aromatic carbocycles. The molecule has 3 N–H and O–H groups in total. The summed E-state index contributed by atoms with van der Waals surface area (Å²) < 4.78 is 0. The van der Waals surface area contributed by atoms with Crippen molar-refractivity contribution in [1.29, 1.82) is 0 Å². The molecule has 0 rings (SSSR count). The van der Waals surface area contributed by atoms with Gasteiger partial charge in [0.15, 0.2) is 0 Å². The smallest absolute Gasteiger partial charge is 0.208 e. The number of hydrogen-bond acceptors (Lipinski definition) is 2. The van der Waals surface area contributed by atoms with E-state index in [0.29, 0.717) is 12.0 Å². The van der Waals surface area contributed by atoms with Gasteiger partial charge in [-0.15, -0.1) is 0 Å². The van der Waals surface area contributed by atoms with Gasteiger partial charge in [-0.1, -0.05) is 20.8 Å². The fourth-order valence-electron chi connectivity index (χ4n) is 1.09. The molecule has 13 heavy (non-hydrogen) atoms. The number of nitrogens with one attached hydrogen (secondary N) is 1. The number of nitrogens with zero attached hydrogens (tertiary/aromatic N) is 2. The van der Waals surface area contributed by atoms with Crippen LogP contribution in [0.4, 0.5) is 0 Å². The van der Waals surface area contributed by atoms with Gasteiger partial charge < -0.3 is 4.90 Å². The summed E-state index contributed by atoms with van der Waals surface area (Å²) in [6, 6.07) is 0.377. The molecule has 0 saturated heterocycles.